The molecule has 0 aliphatic heterocycles. The number of benzene rings is 1. The number of hydrogen-bond donors (Lipinski definition) is 1. The van der Waals surface area contributed by atoms with E-state index in [4.69, 9.17) is 0 Å². The molecule has 1 aromatic carbocycles. The van der Waals surface area contributed by atoms with Crippen molar-refractivity contribution in [2.75, 3.05) is 0 Å². The van der Waals surface area contributed by atoms with Gasteiger partial charge < -0.3 is 0 Å². The second kappa shape index (κ2) is 4.56. The van der Waals surface area contributed by atoms with Crippen LogP contribution in [0.5, 0.6) is 0 Å². The Kier molecular flexibility index (Phi) is 3.67. The maximum Gasteiger partial charge on any atom is 0.00401 e. The summed E-state index contributed by atoms with van der Waals surface area (Å²) in [6.45, 7) is 4.52. The molecule has 0 saturated carbocycles. The number of hydrogen-bond acceptors (Lipinski definition) is 1. The quantitative estimate of drug-likeness (QED) is 0.675. The Morgan fingerprint density at radius 2 is 1.83 bits per heavy atom. The molecule has 1 rings (SSSR count). The summed E-state index contributed by atoms with van der Waals surface area (Å²) in [5, 5.41) is 0. The molecule has 1 aromatic rings. The Hall–Kier alpha value is -0.430. The topological polar surface area (TPSA) is 0 Å². The average molecular weight is 180 g/mol. The zero-order valence-electron chi connectivity index (χ0n) is 7.75. The molecule has 1 atom stereocenters. The molecule has 1 heteroatoms. The van der Waals surface area contributed by atoms with Crippen LogP contribution in [0.3, 0.4) is 0 Å². The highest BCUT2D eigenvalue weighted by Crippen LogP contribution is 2.13. The molecule has 0 heterocycles. The molecule has 0 nitrogen and oxygen atoms in total. The molecule has 0 bridgehead atoms. The fourth-order valence-corrected chi connectivity index (χ4v) is 1.33. The summed E-state index contributed by atoms with van der Waals surface area (Å²) in [4.78, 5) is 1.04. The minimum absolute atomic E-state index is 0.788. The van der Waals surface area contributed by atoms with Gasteiger partial charge >= 0.3 is 0 Å². The highest BCUT2D eigenvalue weighted by molar-refractivity contribution is 7.80. The Morgan fingerprint density at radius 3 is 2.33 bits per heavy atom. The first-order valence-electron chi connectivity index (χ1n) is 4.50. The Bertz CT molecular complexity index is 225. The van der Waals surface area contributed by atoms with Crippen molar-refractivity contribution in [3.05, 3.63) is 29.8 Å². The van der Waals surface area contributed by atoms with Crippen LogP contribution in [0.1, 0.15) is 25.8 Å². The van der Waals surface area contributed by atoms with E-state index in [1.165, 1.54) is 18.4 Å². The fraction of sp³-hybridized carbons (Fsp3) is 0.455. The molecule has 0 radical (unpaired) electrons. The summed E-state index contributed by atoms with van der Waals surface area (Å²) in [5.41, 5.74) is 1.42. The van der Waals surface area contributed by atoms with E-state index in [0.717, 1.165) is 10.8 Å². The van der Waals surface area contributed by atoms with Crippen molar-refractivity contribution in [1.29, 1.82) is 0 Å². The Labute approximate surface area is 80.4 Å². The number of thiol groups is 1. The molecular weight excluding hydrogens is 164 g/mol. The smallest absolute Gasteiger partial charge is 0.00401 e. The van der Waals surface area contributed by atoms with Crippen molar-refractivity contribution in [3.8, 4) is 0 Å². The zero-order valence-corrected chi connectivity index (χ0v) is 8.64. The van der Waals surface area contributed by atoms with Gasteiger partial charge in [-0.1, -0.05) is 32.4 Å². The predicted molar refractivity (Wildman–Crippen MR) is 56.9 cm³/mol. The van der Waals surface area contributed by atoms with Gasteiger partial charge in [-0.15, -0.1) is 12.6 Å². The van der Waals surface area contributed by atoms with Gasteiger partial charge in [0, 0.05) is 4.90 Å². The second-order valence-electron chi connectivity index (χ2n) is 3.38. The summed E-state index contributed by atoms with van der Waals surface area (Å²) < 4.78 is 0. The Morgan fingerprint density at radius 1 is 1.25 bits per heavy atom. The van der Waals surface area contributed by atoms with Crippen molar-refractivity contribution >= 4 is 12.6 Å². The zero-order chi connectivity index (χ0) is 8.97. The van der Waals surface area contributed by atoms with Crippen molar-refractivity contribution in [1.82, 2.24) is 0 Å². The summed E-state index contributed by atoms with van der Waals surface area (Å²) in [5.74, 6) is 0.788. The monoisotopic (exact) mass is 180 g/mol. The van der Waals surface area contributed by atoms with E-state index in [2.05, 4.69) is 50.7 Å². The minimum atomic E-state index is 0.788. The molecule has 1 unspecified atom stereocenters. The first-order valence-corrected chi connectivity index (χ1v) is 4.95. The van der Waals surface area contributed by atoms with E-state index in [0.29, 0.717) is 0 Å². The highest BCUT2D eigenvalue weighted by atomic mass is 32.1. The normalized spacial score (nSPS) is 12.9. The lowest BCUT2D eigenvalue weighted by Crippen LogP contribution is -1.96. The summed E-state index contributed by atoms with van der Waals surface area (Å²) in [6.07, 6.45) is 2.44. The second-order valence-corrected chi connectivity index (χ2v) is 3.90. The third-order valence-electron chi connectivity index (χ3n) is 2.22. The minimum Gasteiger partial charge on any atom is -0.143 e. The van der Waals surface area contributed by atoms with Gasteiger partial charge in [-0.2, -0.15) is 0 Å². The molecule has 0 N–H and O–H groups in total. The molecule has 0 saturated heterocycles. The van der Waals surface area contributed by atoms with Crippen LogP contribution in [-0.4, -0.2) is 0 Å². The molecular formula is C11H16S. The molecule has 0 aliphatic carbocycles. The van der Waals surface area contributed by atoms with Crippen LogP contribution in [0.4, 0.5) is 0 Å². The van der Waals surface area contributed by atoms with E-state index in [1.54, 1.807) is 0 Å². The van der Waals surface area contributed by atoms with Crippen molar-refractivity contribution in [2.24, 2.45) is 5.92 Å². The van der Waals surface area contributed by atoms with Crippen molar-refractivity contribution < 1.29 is 0 Å². The molecule has 0 spiro atoms. The molecule has 0 fully saturated rings. The maximum absolute atomic E-state index is 4.25. The van der Waals surface area contributed by atoms with E-state index in [1.807, 2.05) is 0 Å². The highest BCUT2D eigenvalue weighted by Gasteiger charge is 1.99. The van der Waals surface area contributed by atoms with Gasteiger partial charge in [0.1, 0.15) is 0 Å². The van der Waals surface area contributed by atoms with Gasteiger partial charge in [-0.25, -0.2) is 0 Å². The van der Waals surface area contributed by atoms with Gasteiger partial charge in [-0.05, 0) is 30.0 Å². The molecule has 0 amide bonds. The predicted octanol–water partition coefficient (Wildman–Crippen LogP) is 3.56. The first kappa shape index (κ1) is 9.66. The van der Waals surface area contributed by atoms with Gasteiger partial charge in [0.15, 0.2) is 0 Å². The van der Waals surface area contributed by atoms with Gasteiger partial charge in [0.05, 0.1) is 0 Å². The van der Waals surface area contributed by atoms with E-state index in [-0.39, 0.29) is 0 Å². The molecule has 12 heavy (non-hydrogen) atoms. The lowest BCUT2D eigenvalue weighted by atomic mass is 9.99. The maximum atomic E-state index is 4.25. The average Bonchev–Trinajstić information content (AvgIpc) is 2.09. The first-order chi connectivity index (χ1) is 5.72. The van der Waals surface area contributed by atoms with Crippen LogP contribution in [0.25, 0.3) is 0 Å². The van der Waals surface area contributed by atoms with Crippen molar-refractivity contribution in [2.45, 2.75) is 31.6 Å². The summed E-state index contributed by atoms with van der Waals surface area (Å²) in [6, 6.07) is 8.44. The van der Waals surface area contributed by atoms with Crippen LogP contribution >= 0.6 is 12.6 Å². The fourth-order valence-electron chi connectivity index (χ4n) is 1.18. The van der Waals surface area contributed by atoms with Crippen LogP contribution in [0.2, 0.25) is 0 Å². The summed E-state index contributed by atoms with van der Waals surface area (Å²) >= 11 is 4.25. The molecule has 0 aromatic heterocycles. The van der Waals surface area contributed by atoms with Crippen LogP contribution in [0, 0.1) is 5.92 Å². The lowest BCUT2D eigenvalue weighted by Gasteiger charge is -2.07. The standard InChI is InChI=1S/C11H16S/c1-3-9(2)8-10-4-6-11(12)7-5-10/h4-7,9,12H,3,8H2,1-2H3. The third-order valence-corrected chi connectivity index (χ3v) is 2.52. The van der Waals surface area contributed by atoms with Gasteiger partial charge in [0.25, 0.3) is 0 Å². The largest absolute Gasteiger partial charge is 0.143 e. The van der Waals surface area contributed by atoms with E-state index in [9.17, 15) is 0 Å². The molecule has 0 aliphatic rings. The van der Waals surface area contributed by atoms with E-state index >= 15 is 0 Å². The SMILES string of the molecule is CCC(C)Cc1ccc(S)cc1. The molecule has 66 valence electrons. The Balaban J connectivity index is 2.58. The van der Waals surface area contributed by atoms with Gasteiger partial charge in [-0.3, -0.25) is 0 Å². The van der Waals surface area contributed by atoms with Crippen LogP contribution < -0.4 is 0 Å². The number of rotatable bonds is 3. The van der Waals surface area contributed by atoms with Crippen molar-refractivity contribution in [3.63, 3.8) is 0 Å². The van der Waals surface area contributed by atoms with Gasteiger partial charge in [0.2, 0.25) is 0 Å². The lowest BCUT2D eigenvalue weighted by molar-refractivity contribution is 0.560. The third kappa shape index (κ3) is 2.90. The van der Waals surface area contributed by atoms with Crippen LogP contribution in [-0.2, 0) is 6.42 Å². The van der Waals surface area contributed by atoms with Crippen LogP contribution in [0.15, 0.2) is 29.2 Å². The van der Waals surface area contributed by atoms with E-state index < -0.39 is 0 Å². The summed E-state index contributed by atoms with van der Waals surface area (Å²) in [7, 11) is 0.